The first-order chi connectivity index (χ1) is 8.79. The molecule has 106 valence electrons. The van der Waals surface area contributed by atoms with E-state index in [2.05, 4.69) is 4.98 Å². The third kappa shape index (κ3) is 3.13. The van der Waals surface area contributed by atoms with Gasteiger partial charge >= 0.3 is 0 Å². The van der Waals surface area contributed by atoms with Gasteiger partial charge < -0.3 is 4.90 Å². The van der Waals surface area contributed by atoms with Crippen LogP contribution in [0.2, 0.25) is 0 Å². The van der Waals surface area contributed by atoms with Gasteiger partial charge in [0, 0.05) is 26.2 Å². The summed E-state index contributed by atoms with van der Waals surface area (Å²) < 4.78 is 24.2. The molecule has 0 aromatic carbocycles. The van der Waals surface area contributed by atoms with Crippen LogP contribution in [0.5, 0.6) is 0 Å². The minimum atomic E-state index is -3.16. The summed E-state index contributed by atoms with van der Waals surface area (Å²) in [5, 5.41) is 0.871. The molecule has 1 amide bonds. The van der Waals surface area contributed by atoms with Crippen molar-refractivity contribution in [2.24, 2.45) is 0 Å². The van der Waals surface area contributed by atoms with Crippen molar-refractivity contribution in [2.75, 3.05) is 32.4 Å². The topological polar surface area (TPSA) is 70.6 Å². The van der Waals surface area contributed by atoms with Gasteiger partial charge in [0.05, 0.1) is 17.0 Å². The van der Waals surface area contributed by atoms with Gasteiger partial charge in [-0.25, -0.2) is 13.4 Å². The Balaban J connectivity index is 2.06. The van der Waals surface area contributed by atoms with E-state index in [4.69, 9.17) is 0 Å². The molecule has 1 fully saturated rings. The summed E-state index contributed by atoms with van der Waals surface area (Å²) in [6, 6.07) is 0. The molecule has 1 aliphatic heterocycles. The summed E-state index contributed by atoms with van der Waals surface area (Å²) in [6.07, 6.45) is 1.20. The average Bonchev–Trinajstić information content (AvgIpc) is 2.66. The Morgan fingerprint density at radius 1 is 1.21 bits per heavy atom. The van der Waals surface area contributed by atoms with E-state index in [-0.39, 0.29) is 5.91 Å². The van der Waals surface area contributed by atoms with E-state index in [0.29, 0.717) is 31.1 Å². The maximum Gasteiger partial charge on any atom is 0.265 e. The molecule has 0 atom stereocenters. The third-order valence-electron chi connectivity index (χ3n) is 3.09. The van der Waals surface area contributed by atoms with E-state index >= 15 is 0 Å². The predicted molar refractivity (Wildman–Crippen MR) is 73.9 cm³/mol. The summed E-state index contributed by atoms with van der Waals surface area (Å²) in [7, 11) is -3.16. The minimum Gasteiger partial charge on any atom is -0.335 e. The molecule has 2 heterocycles. The smallest absolute Gasteiger partial charge is 0.265 e. The van der Waals surface area contributed by atoms with E-state index in [0.717, 1.165) is 10.7 Å². The van der Waals surface area contributed by atoms with Crippen molar-refractivity contribution >= 4 is 27.3 Å². The van der Waals surface area contributed by atoms with Gasteiger partial charge in [0.1, 0.15) is 4.88 Å². The lowest BCUT2D eigenvalue weighted by atomic mass is 10.3. The number of piperazine rings is 1. The lowest BCUT2D eigenvalue weighted by Crippen LogP contribution is -2.50. The molecular formula is C11H17N3O3S2. The van der Waals surface area contributed by atoms with Gasteiger partial charge in [-0.1, -0.05) is 0 Å². The summed E-state index contributed by atoms with van der Waals surface area (Å²) in [6.45, 7) is 5.28. The average molecular weight is 303 g/mol. The normalized spacial score (nSPS) is 17.7. The van der Waals surface area contributed by atoms with Gasteiger partial charge in [0.15, 0.2) is 0 Å². The van der Waals surface area contributed by atoms with E-state index in [1.165, 1.54) is 21.9 Å². The summed E-state index contributed by atoms with van der Waals surface area (Å²) in [5.74, 6) is -0.0451. The molecule has 0 saturated carbocycles. The quantitative estimate of drug-likeness (QED) is 0.796. The van der Waals surface area contributed by atoms with Crippen molar-refractivity contribution in [3.8, 4) is 0 Å². The highest BCUT2D eigenvalue weighted by Crippen LogP contribution is 2.20. The number of carbonyl (C=O) groups excluding carboxylic acids is 1. The Morgan fingerprint density at radius 2 is 1.79 bits per heavy atom. The van der Waals surface area contributed by atoms with E-state index in [1.807, 2.05) is 13.8 Å². The zero-order valence-electron chi connectivity index (χ0n) is 11.2. The van der Waals surface area contributed by atoms with Crippen LogP contribution < -0.4 is 0 Å². The van der Waals surface area contributed by atoms with E-state index in [9.17, 15) is 13.2 Å². The number of nitrogens with zero attached hydrogens (tertiary/aromatic N) is 3. The van der Waals surface area contributed by atoms with Crippen LogP contribution in [0.4, 0.5) is 0 Å². The lowest BCUT2D eigenvalue weighted by Gasteiger charge is -2.33. The Kier molecular flexibility index (Phi) is 3.93. The number of sulfonamides is 1. The first-order valence-corrected chi connectivity index (χ1v) is 8.64. The van der Waals surface area contributed by atoms with Gasteiger partial charge in [-0.2, -0.15) is 4.31 Å². The minimum absolute atomic E-state index is 0.0451. The van der Waals surface area contributed by atoms with E-state index in [1.54, 1.807) is 4.90 Å². The molecule has 0 aliphatic carbocycles. The molecule has 1 saturated heterocycles. The van der Waals surface area contributed by atoms with Gasteiger partial charge in [-0.15, -0.1) is 11.3 Å². The first-order valence-electron chi connectivity index (χ1n) is 5.97. The fourth-order valence-corrected chi connectivity index (χ4v) is 3.81. The molecule has 1 aromatic heterocycles. The van der Waals surface area contributed by atoms with Crippen molar-refractivity contribution in [3.05, 3.63) is 15.6 Å². The summed E-state index contributed by atoms with van der Waals surface area (Å²) >= 11 is 1.39. The molecule has 0 spiro atoms. The second-order valence-electron chi connectivity index (χ2n) is 4.60. The number of amides is 1. The number of aromatic nitrogens is 1. The molecule has 6 nitrogen and oxygen atoms in total. The molecule has 19 heavy (non-hydrogen) atoms. The van der Waals surface area contributed by atoms with Crippen LogP contribution in [-0.2, 0) is 10.0 Å². The maximum absolute atomic E-state index is 12.3. The number of rotatable bonds is 2. The van der Waals surface area contributed by atoms with Crippen LogP contribution in [0.1, 0.15) is 20.4 Å². The second-order valence-corrected chi connectivity index (χ2v) is 7.79. The van der Waals surface area contributed by atoms with Gasteiger partial charge in [-0.3, -0.25) is 4.79 Å². The molecule has 1 aromatic rings. The van der Waals surface area contributed by atoms with Crippen molar-refractivity contribution in [3.63, 3.8) is 0 Å². The van der Waals surface area contributed by atoms with Crippen LogP contribution >= 0.6 is 11.3 Å². The zero-order chi connectivity index (χ0) is 14.2. The number of hydrogen-bond donors (Lipinski definition) is 0. The fourth-order valence-electron chi connectivity index (χ4n) is 2.10. The molecule has 0 bridgehead atoms. The number of carbonyl (C=O) groups is 1. The second kappa shape index (κ2) is 5.18. The largest absolute Gasteiger partial charge is 0.335 e. The van der Waals surface area contributed by atoms with Crippen LogP contribution in [0.15, 0.2) is 0 Å². The van der Waals surface area contributed by atoms with Crippen molar-refractivity contribution in [2.45, 2.75) is 13.8 Å². The number of hydrogen-bond acceptors (Lipinski definition) is 5. The van der Waals surface area contributed by atoms with Crippen LogP contribution in [-0.4, -0.2) is 60.9 Å². The predicted octanol–water partition coefficient (Wildman–Crippen LogP) is 0.477. The van der Waals surface area contributed by atoms with Crippen LogP contribution in [0, 0.1) is 13.8 Å². The zero-order valence-corrected chi connectivity index (χ0v) is 12.8. The van der Waals surface area contributed by atoms with Crippen molar-refractivity contribution in [1.82, 2.24) is 14.2 Å². The molecule has 0 radical (unpaired) electrons. The van der Waals surface area contributed by atoms with Crippen molar-refractivity contribution < 1.29 is 13.2 Å². The van der Waals surface area contributed by atoms with E-state index < -0.39 is 10.0 Å². The monoisotopic (exact) mass is 303 g/mol. The Labute approximate surface area is 117 Å². The van der Waals surface area contributed by atoms with Gasteiger partial charge in [0.2, 0.25) is 10.0 Å². The molecule has 1 aliphatic rings. The standard InChI is InChI=1S/C11H17N3O3S2/c1-8-10(18-9(2)12-8)11(15)13-4-6-14(7-5-13)19(3,16)17/h4-7H2,1-3H3. The Bertz CT molecular complexity index is 586. The number of thiazole rings is 1. The fraction of sp³-hybridized carbons (Fsp3) is 0.636. The SMILES string of the molecule is Cc1nc(C)c(C(=O)N2CCN(S(C)(=O)=O)CC2)s1. The van der Waals surface area contributed by atoms with Gasteiger partial charge in [0.25, 0.3) is 5.91 Å². The summed E-state index contributed by atoms with van der Waals surface area (Å²) in [4.78, 5) is 18.9. The molecule has 2 rings (SSSR count). The number of aryl methyl sites for hydroxylation is 2. The Morgan fingerprint density at radius 3 is 2.21 bits per heavy atom. The molecular weight excluding hydrogens is 286 g/mol. The first kappa shape index (κ1) is 14.4. The third-order valence-corrected chi connectivity index (χ3v) is 5.46. The molecule has 0 unspecified atom stereocenters. The molecule has 0 N–H and O–H groups in total. The molecule has 8 heteroatoms. The highest BCUT2D eigenvalue weighted by molar-refractivity contribution is 7.88. The van der Waals surface area contributed by atoms with Crippen molar-refractivity contribution in [1.29, 1.82) is 0 Å². The van der Waals surface area contributed by atoms with Crippen LogP contribution in [0.3, 0.4) is 0 Å². The van der Waals surface area contributed by atoms with Crippen LogP contribution in [0.25, 0.3) is 0 Å². The van der Waals surface area contributed by atoms with Gasteiger partial charge in [-0.05, 0) is 13.8 Å². The highest BCUT2D eigenvalue weighted by Gasteiger charge is 2.28. The maximum atomic E-state index is 12.3. The Hall–Kier alpha value is -0.990. The summed E-state index contributed by atoms with van der Waals surface area (Å²) in [5.41, 5.74) is 0.748. The highest BCUT2D eigenvalue weighted by atomic mass is 32.2. The lowest BCUT2D eigenvalue weighted by molar-refractivity contribution is 0.0702.